The van der Waals surface area contributed by atoms with Crippen LogP contribution in [-0.2, 0) is 0 Å². The molecule has 2 aliphatic rings. The number of nitrogens with one attached hydrogen (secondary N) is 1. The van der Waals surface area contributed by atoms with Gasteiger partial charge >= 0.3 is 0 Å². The second-order valence-corrected chi connectivity index (χ2v) is 4.24. The molecule has 2 N–H and O–H groups in total. The lowest BCUT2D eigenvalue weighted by atomic mass is 9.94. The Balaban J connectivity index is 0.000000461. The van der Waals surface area contributed by atoms with Crippen LogP contribution in [-0.4, -0.2) is 23.8 Å². The van der Waals surface area contributed by atoms with Crippen molar-refractivity contribution in [2.75, 3.05) is 6.54 Å². The molecule has 1 aliphatic carbocycles. The first kappa shape index (κ1) is 12.0. The summed E-state index contributed by atoms with van der Waals surface area (Å²) >= 11 is 0. The smallest absolute Gasteiger partial charge is 0.0721 e. The third-order valence-corrected chi connectivity index (χ3v) is 3.39. The highest BCUT2D eigenvalue weighted by Crippen LogP contribution is 2.30. The maximum absolute atomic E-state index is 9.99. The molecule has 2 heteroatoms. The van der Waals surface area contributed by atoms with Crippen molar-refractivity contribution >= 4 is 0 Å². The average Bonchev–Trinajstić information content (AvgIpc) is 2.93. The highest BCUT2D eigenvalue weighted by Gasteiger charge is 2.31. The minimum absolute atomic E-state index is 0.0602. The van der Waals surface area contributed by atoms with E-state index in [-0.39, 0.29) is 6.10 Å². The Morgan fingerprint density at radius 2 is 1.71 bits per heavy atom. The van der Waals surface area contributed by atoms with Crippen LogP contribution in [0.5, 0.6) is 0 Å². The molecule has 0 aromatic heterocycles. The van der Waals surface area contributed by atoms with Crippen molar-refractivity contribution in [3.63, 3.8) is 0 Å². The van der Waals surface area contributed by atoms with Crippen molar-refractivity contribution < 1.29 is 5.11 Å². The fourth-order valence-electron chi connectivity index (χ4n) is 2.63. The number of aliphatic hydroxyl groups excluding tert-OH is 1. The predicted molar refractivity (Wildman–Crippen MR) is 60.3 cm³/mol. The monoisotopic (exact) mass is 199 g/mol. The zero-order valence-corrected chi connectivity index (χ0v) is 9.63. The van der Waals surface area contributed by atoms with Gasteiger partial charge in [-0.05, 0) is 38.1 Å². The number of hydrogen-bond donors (Lipinski definition) is 2. The van der Waals surface area contributed by atoms with E-state index in [4.69, 9.17) is 0 Å². The fourth-order valence-corrected chi connectivity index (χ4v) is 2.63. The molecule has 0 radical (unpaired) electrons. The topological polar surface area (TPSA) is 32.3 Å². The van der Waals surface area contributed by atoms with Gasteiger partial charge in [0.05, 0.1) is 6.10 Å². The van der Waals surface area contributed by atoms with Crippen LogP contribution in [0.2, 0.25) is 0 Å². The maximum Gasteiger partial charge on any atom is 0.0721 e. The Morgan fingerprint density at radius 3 is 2.21 bits per heavy atom. The Hall–Kier alpha value is -0.0800. The molecule has 1 saturated carbocycles. The van der Waals surface area contributed by atoms with E-state index >= 15 is 0 Å². The minimum atomic E-state index is -0.0602. The molecule has 2 nitrogen and oxygen atoms in total. The van der Waals surface area contributed by atoms with Crippen molar-refractivity contribution in [3.05, 3.63) is 0 Å². The molecule has 14 heavy (non-hydrogen) atoms. The van der Waals surface area contributed by atoms with Crippen molar-refractivity contribution in [3.8, 4) is 0 Å². The van der Waals surface area contributed by atoms with Crippen molar-refractivity contribution in [1.29, 1.82) is 0 Å². The zero-order valence-electron chi connectivity index (χ0n) is 9.63. The van der Waals surface area contributed by atoms with Gasteiger partial charge in [-0.2, -0.15) is 0 Å². The van der Waals surface area contributed by atoms with Gasteiger partial charge in [0.1, 0.15) is 0 Å². The number of aliphatic hydroxyl groups is 1. The molecule has 84 valence electrons. The van der Waals surface area contributed by atoms with Crippen LogP contribution in [0.15, 0.2) is 0 Å². The van der Waals surface area contributed by atoms with Crippen molar-refractivity contribution in [2.45, 2.75) is 64.5 Å². The molecule has 1 saturated heterocycles. The van der Waals surface area contributed by atoms with Crippen LogP contribution in [0.4, 0.5) is 0 Å². The summed E-state index contributed by atoms with van der Waals surface area (Å²) < 4.78 is 0. The quantitative estimate of drug-likeness (QED) is 0.715. The van der Waals surface area contributed by atoms with Crippen LogP contribution in [0.25, 0.3) is 0 Å². The van der Waals surface area contributed by atoms with E-state index in [1.54, 1.807) is 0 Å². The van der Waals surface area contributed by atoms with Gasteiger partial charge < -0.3 is 10.4 Å². The third kappa shape index (κ3) is 2.96. The second-order valence-electron chi connectivity index (χ2n) is 4.24. The van der Waals surface area contributed by atoms with E-state index in [0.717, 1.165) is 6.54 Å². The van der Waals surface area contributed by atoms with Crippen LogP contribution in [0, 0.1) is 5.92 Å². The van der Waals surface area contributed by atoms with E-state index in [2.05, 4.69) is 5.32 Å². The molecule has 0 aromatic rings. The van der Waals surface area contributed by atoms with Crippen molar-refractivity contribution in [2.24, 2.45) is 5.92 Å². The van der Waals surface area contributed by atoms with Gasteiger partial charge in [-0.1, -0.05) is 26.7 Å². The Labute approximate surface area is 88.1 Å². The van der Waals surface area contributed by atoms with E-state index in [1.165, 1.54) is 38.5 Å². The summed E-state index contributed by atoms with van der Waals surface area (Å²) in [6.07, 6.45) is 7.52. The molecule has 0 amide bonds. The Bertz CT molecular complexity index is 121. The van der Waals surface area contributed by atoms with Gasteiger partial charge in [0.15, 0.2) is 0 Å². The van der Waals surface area contributed by atoms with E-state index in [0.29, 0.717) is 12.0 Å². The van der Waals surface area contributed by atoms with Gasteiger partial charge in [-0.15, -0.1) is 0 Å². The summed E-state index contributed by atoms with van der Waals surface area (Å²) in [5.74, 6) is 0.598. The van der Waals surface area contributed by atoms with Crippen molar-refractivity contribution in [1.82, 2.24) is 5.32 Å². The molecule has 0 aromatic carbocycles. The predicted octanol–water partition coefficient (Wildman–Crippen LogP) is 2.32. The SMILES string of the molecule is CC.OC(C1CCCC1)C1CCCN1. The summed E-state index contributed by atoms with van der Waals surface area (Å²) in [7, 11) is 0. The van der Waals surface area contributed by atoms with Crippen LogP contribution >= 0.6 is 0 Å². The number of hydrogen-bond acceptors (Lipinski definition) is 2. The summed E-state index contributed by atoms with van der Waals surface area (Å²) in [4.78, 5) is 0. The van der Waals surface area contributed by atoms with E-state index in [1.807, 2.05) is 13.8 Å². The fraction of sp³-hybridized carbons (Fsp3) is 1.00. The van der Waals surface area contributed by atoms with Gasteiger partial charge in [0.25, 0.3) is 0 Å². The summed E-state index contributed by atoms with van der Waals surface area (Å²) in [5.41, 5.74) is 0. The normalized spacial score (nSPS) is 29.8. The molecule has 2 atom stereocenters. The average molecular weight is 199 g/mol. The maximum atomic E-state index is 9.99. The summed E-state index contributed by atoms with van der Waals surface area (Å²) in [5, 5.41) is 13.4. The molecule has 0 bridgehead atoms. The molecule has 1 aliphatic heterocycles. The highest BCUT2D eigenvalue weighted by atomic mass is 16.3. The first-order valence-electron chi connectivity index (χ1n) is 6.29. The first-order chi connectivity index (χ1) is 6.88. The van der Waals surface area contributed by atoms with E-state index < -0.39 is 0 Å². The molecule has 1 heterocycles. The molecule has 2 rings (SSSR count). The molecule has 2 fully saturated rings. The van der Waals surface area contributed by atoms with Crippen LogP contribution in [0.1, 0.15) is 52.4 Å². The number of rotatable bonds is 2. The first-order valence-corrected chi connectivity index (χ1v) is 6.29. The molecule has 2 unspecified atom stereocenters. The summed E-state index contributed by atoms with van der Waals surface area (Å²) in [6, 6.07) is 0.410. The van der Waals surface area contributed by atoms with Gasteiger partial charge in [-0.3, -0.25) is 0 Å². The third-order valence-electron chi connectivity index (χ3n) is 3.39. The Kier molecular flexibility index (Phi) is 5.49. The van der Waals surface area contributed by atoms with Gasteiger partial charge in [0.2, 0.25) is 0 Å². The van der Waals surface area contributed by atoms with Gasteiger partial charge in [0, 0.05) is 6.04 Å². The lowest BCUT2D eigenvalue weighted by molar-refractivity contribution is 0.0777. The zero-order chi connectivity index (χ0) is 10.4. The largest absolute Gasteiger partial charge is 0.391 e. The highest BCUT2D eigenvalue weighted by molar-refractivity contribution is 4.87. The lowest BCUT2D eigenvalue weighted by Crippen LogP contribution is -2.39. The Morgan fingerprint density at radius 1 is 1.07 bits per heavy atom. The second kappa shape index (κ2) is 6.41. The minimum Gasteiger partial charge on any atom is -0.391 e. The van der Waals surface area contributed by atoms with E-state index in [9.17, 15) is 5.11 Å². The molecular formula is C12H25NO. The van der Waals surface area contributed by atoms with Crippen LogP contribution in [0.3, 0.4) is 0 Å². The standard InChI is InChI=1S/C10H19NO.C2H6/c12-10(8-4-1-2-5-8)9-6-3-7-11-9;1-2/h8-12H,1-7H2;1-2H3. The van der Waals surface area contributed by atoms with Gasteiger partial charge in [-0.25, -0.2) is 0 Å². The van der Waals surface area contributed by atoms with Crippen LogP contribution < -0.4 is 5.32 Å². The molecule has 0 spiro atoms. The molecular weight excluding hydrogens is 174 g/mol. The lowest BCUT2D eigenvalue weighted by Gasteiger charge is -2.23. The summed E-state index contributed by atoms with van der Waals surface area (Å²) in [6.45, 7) is 5.11.